The van der Waals surface area contributed by atoms with Gasteiger partial charge in [0.05, 0.1) is 18.7 Å². The number of nitrogens with zero attached hydrogens (tertiary/aromatic N) is 1. The molecule has 144 valence electrons. The second-order valence-corrected chi connectivity index (χ2v) is 7.13. The Bertz CT molecular complexity index is 922. The summed E-state index contributed by atoms with van der Waals surface area (Å²) in [6, 6.07) is 18.3. The van der Waals surface area contributed by atoms with Gasteiger partial charge in [-0.3, -0.25) is 9.69 Å². The van der Waals surface area contributed by atoms with Crippen molar-refractivity contribution in [3.8, 4) is 0 Å². The highest BCUT2D eigenvalue weighted by Crippen LogP contribution is 2.27. The molecule has 28 heavy (non-hydrogen) atoms. The first kappa shape index (κ1) is 18.4. The number of amides is 1. The molecule has 0 radical (unpaired) electrons. The number of nitrogens with one attached hydrogen (secondary N) is 1. The summed E-state index contributed by atoms with van der Waals surface area (Å²) < 4.78 is 18.7. The third-order valence-corrected chi connectivity index (χ3v) is 5.24. The van der Waals surface area contributed by atoms with E-state index in [1.54, 1.807) is 18.4 Å². The van der Waals surface area contributed by atoms with E-state index in [4.69, 9.17) is 4.42 Å². The van der Waals surface area contributed by atoms with E-state index in [2.05, 4.69) is 34.5 Å². The van der Waals surface area contributed by atoms with Gasteiger partial charge in [-0.25, -0.2) is 4.39 Å². The topological polar surface area (TPSA) is 45.5 Å². The van der Waals surface area contributed by atoms with Crippen molar-refractivity contribution in [2.24, 2.45) is 0 Å². The van der Waals surface area contributed by atoms with Crippen LogP contribution in [-0.4, -0.2) is 23.9 Å². The number of carbonyl (C=O) groups is 1. The Morgan fingerprint density at radius 1 is 1.07 bits per heavy atom. The quantitative estimate of drug-likeness (QED) is 0.708. The van der Waals surface area contributed by atoms with Gasteiger partial charge < -0.3 is 9.73 Å². The molecule has 2 aromatic carbocycles. The summed E-state index contributed by atoms with van der Waals surface area (Å²) in [5.74, 6) is 0.467. The zero-order chi connectivity index (χ0) is 19.3. The Kier molecular flexibility index (Phi) is 5.53. The Balaban J connectivity index is 1.43. The van der Waals surface area contributed by atoms with Crippen LogP contribution in [0.15, 0.2) is 71.3 Å². The first-order valence-corrected chi connectivity index (χ1v) is 9.54. The summed E-state index contributed by atoms with van der Waals surface area (Å²) in [5.41, 5.74) is 3.50. The van der Waals surface area contributed by atoms with Crippen molar-refractivity contribution in [1.29, 1.82) is 0 Å². The van der Waals surface area contributed by atoms with Gasteiger partial charge in [-0.05, 0) is 47.4 Å². The normalized spacial score (nSPS) is 15.0. The minimum Gasteiger partial charge on any atom is -0.468 e. The standard InChI is InChI=1S/C23H23FN2O2/c24-20-9-7-17(8-10-20)14-23(27)25-15-21(22-6-3-13-28-22)26-12-11-18-4-1-2-5-19(18)16-26/h1-10,13,21H,11-12,14-16H2,(H,25,27)/t21-/m1/s1. The predicted molar refractivity (Wildman–Crippen MR) is 105 cm³/mol. The van der Waals surface area contributed by atoms with E-state index in [9.17, 15) is 9.18 Å². The van der Waals surface area contributed by atoms with Crippen molar-refractivity contribution in [2.75, 3.05) is 13.1 Å². The highest BCUT2D eigenvalue weighted by atomic mass is 19.1. The summed E-state index contributed by atoms with van der Waals surface area (Å²) in [6.45, 7) is 2.21. The van der Waals surface area contributed by atoms with Gasteiger partial charge in [-0.2, -0.15) is 0 Å². The van der Waals surface area contributed by atoms with Crippen LogP contribution >= 0.6 is 0 Å². The van der Waals surface area contributed by atoms with Crippen LogP contribution in [0.1, 0.15) is 28.5 Å². The number of furan rings is 1. The van der Waals surface area contributed by atoms with Crippen molar-refractivity contribution in [2.45, 2.75) is 25.4 Å². The Labute approximate surface area is 164 Å². The monoisotopic (exact) mass is 378 g/mol. The predicted octanol–water partition coefficient (Wildman–Crippen LogP) is 3.88. The second-order valence-electron chi connectivity index (χ2n) is 7.13. The summed E-state index contributed by atoms with van der Waals surface area (Å²) in [6.07, 6.45) is 2.88. The van der Waals surface area contributed by atoms with Gasteiger partial charge in [0, 0.05) is 19.6 Å². The molecule has 0 saturated heterocycles. The van der Waals surface area contributed by atoms with Gasteiger partial charge in [-0.15, -0.1) is 0 Å². The smallest absolute Gasteiger partial charge is 0.224 e. The largest absolute Gasteiger partial charge is 0.468 e. The van der Waals surface area contributed by atoms with Crippen molar-refractivity contribution in [1.82, 2.24) is 10.2 Å². The van der Waals surface area contributed by atoms with Crippen molar-refractivity contribution in [3.05, 3.63) is 95.2 Å². The molecule has 5 heteroatoms. The maximum atomic E-state index is 13.0. The molecule has 0 aliphatic carbocycles. The molecule has 1 amide bonds. The van der Waals surface area contributed by atoms with Gasteiger partial charge in [0.2, 0.25) is 5.91 Å². The molecule has 1 atom stereocenters. The van der Waals surface area contributed by atoms with Gasteiger partial charge in [0.1, 0.15) is 11.6 Å². The van der Waals surface area contributed by atoms with Gasteiger partial charge >= 0.3 is 0 Å². The number of fused-ring (bicyclic) bond motifs is 1. The first-order chi connectivity index (χ1) is 13.7. The van der Waals surface area contributed by atoms with E-state index >= 15 is 0 Å². The van der Waals surface area contributed by atoms with E-state index in [-0.39, 0.29) is 24.2 Å². The fourth-order valence-electron chi connectivity index (χ4n) is 3.73. The van der Waals surface area contributed by atoms with Crippen LogP contribution in [0.4, 0.5) is 4.39 Å². The highest BCUT2D eigenvalue weighted by Gasteiger charge is 2.27. The van der Waals surface area contributed by atoms with Crippen LogP contribution in [0.2, 0.25) is 0 Å². The third-order valence-electron chi connectivity index (χ3n) is 5.24. The third kappa shape index (κ3) is 4.31. The molecule has 0 spiro atoms. The lowest BCUT2D eigenvalue weighted by molar-refractivity contribution is -0.120. The number of carbonyl (C=O) groups excluding carboxylic acids is 1. The molecule has 0 bridgehead atoms. The molecule has 0 saturated carbocycles. The van der Waals surface area contributed by atoms with Gasteiger partial charge in [0.15, 0.2) is 0 Å². The molecular weight excluding hydrogens is 355 g/mol. The maximum absolute atomic E-state index is 13.0. The zero-order valence-electron chi connectivity index (χ0n) is 15.6. The molecule has 1 aromatic heterocycles. The van der Waals surface area contributed by atoms with Crippen molar-refractivity contribution in [3.63, 3.8) is 0 Å². The van der Waals surface area contributed by atoms with Gasteiger partial charge in [-0.1, -0.05) is 36.4 Å². The van der Waals surface area contributed by atoms with Crippen LogP contribution in [0.5, 0.6) is 0 Å². The van der Waals surface area contributed by atoms with Crippen LogP contribution in [0.25, 0.3) is 0 Å². The molecule has 1 aliphatic heterocycles. The highest BCUT2D eigenvalue weighted by molar-refractivity contribution is 5.78. The zero-order valence-corrected chi connectivity index (χ0v) is 15.6. The molecular formula is C23H23FN2O2. The molecule has 4 nitrogen and oxygen atoms in total. The summed E-state index contributed by atoms with van der Waals surface area (Å²) in [5, 5.41) is 3.02. The lowest BCUT2D eigenvalue weighted by Gasteiger charge is -2.34. The van der Waals surface area contributed by atoms with Crippen molar-refractivity contribution >= 4 is 5.91 Å². The molecule has 1 aliphatic rings. The maximum Gasteiger partial charge on any atom is 0.224 e. The Morgan fingerprint density at radius 3 is 2.61 bits per heavy atom. The van der Waals surface area contributed by atoms with Crippen LogP contribution in [0.3, 0.4) is 0 Å². The minimum absolute atomic E-state index is 0.0273. The van der Waals surface area contributed by atoms with E-state index in [1.165, 1.54) is 23.3 Å². The first-order valence-electron chi connectivity index (χ1n) is 9.54. The fourth-order valence-corrected chi connectivity index (χ4v) is 3.73. The number of halogens is 1. The minimum atomic E-state index is -0.299. The SMILES string of the molecule is O=C(Cc1ccc(F)cc1)NC[C@H](c1ccco1)N1CCc2ccccc2C1. The lowest BCUT2D eigenvalue weighted by atomic mass is 9.98. The number of hydrogen-bond donors (Lipinski definition) is 1. The number of rotatable bonds is 6. The van der Waals surface area contributed by atoms with Crippen LogP contribution < -0.4 is 5.32 Å². The van der Waals surface area contributed by atoms with Crippen LogP contribution in [0, 0.1) is 5.82 Å². The summed E-state index contributed by atoms with van der Waals surface area (Å²) >= 11 is 0. The molecule has 3 aromatic rings. The van der Waals surface area contributed by atoms with E-state index in [0.29, 0.717) is 6.54 Å². The molecule has 0 fully saturated rings. The van der Waals surface area contributed by atoms with E-state index in [1.807, 2.05) is 12.1 Å². The number of hydrogen-bond acceptors (Lipinski definition) is 3. The Hall–Kier alpha value is -2.92. The molecule has 2 heterocycles. The van der Waals surface area contributed by atoms with Gasteiger partial charge in [0.25, 0.3) is 0 Å². The van der Waals surface area contributed by atoms with Crippen LogP contribution in [-0.2, 0) is 24.2 Å². The summed E-state index contributed by atoms with van der Waals surface area (Å²) in [4.78, 5) is 14.7. The van der Waals surface area contributed by atoms with E-state index in [0.717, 1.165) is 30.8 Å². The fraction of sp³-hybridized carbons (Fsp3) is 0.261. The average Bonchev–Trinajstić information content (AvgIpc) is 3.24. The van der Waals surface area contributed by atoms with Crippen molar-refractivity contribution < 1.29 is 13.6 Å². The van der Waals surface area contributed by atoms with E-state index < -0.39 is 0 Å². The average molecular weight is 378 g/mol. The molecule has 1 N–H and O–H groups in total. The second kappa shape index (κ2) is 8.40. The number of benzene rings is 2. The molecule has 0 unspecified atom stereocenters. The lowest BCUT2D eigenvalue weighted by Crippen LogP contribution is -2.40. The summed E-state index contributed by atoms with van der Waals surface area (Å²) in [7, 11) is 0. The molecule has 4 rings (SSSR count). The Morgan fingerprint density at radius 2 is 1.86 bits per heavy atom.